The van der Waals surface area contributed by atoms with Crippen LogP contribution in [0.3, 0.4) is 0 Å². The van der Waals surface area contributed by atoms with Gasteiger partial charge in [0, 0.05) is 6.42 Å². The van der Waals surface area contributed by atoms with Crippen LogP contribution in [0.5, 0.6) is 5.75 Å². The van der Waals surface area contributed by atoms with Gasteiger partial charge in [0.1, 0.15) is 5.75 Å². The molecule has 0 aromatic heterocycles. The number of hydrogen-bond acceptors (Lipinski definition) is 3. The number of aryl methyl sites for hydroxylation is 2. The van der Waals surface area contributed by atoms with Gasteiger partial charge in [-0.05, 0) is 55.8 Å². The Morgan fingerprint density at radius 1 is 1.30 bits per heavy atom. The molecule has 0 fully saturated rings. The molecule has 0 unspecified atom stereocenters. The van der Waals surface area contributed by atoms with Crippen molar-refractivity contribution in [2.45, 2.75) is 47.0 Å². The van der Waals surface area contributed by atoms with Crippen LogP contribution < -0.4 is 11.1 Å². The number of carbonyl (C=O) groups excluding carboxylic acids is 1. The minimum atomic E-state index is -0.0737. The molecular weight excluding hydrogens is 252 g/mol. The summed E-state index contributed by atoms with van der Waals surface area (Å²) in [4.78, 5) is 12.0. The van der Waals surface area contributed by atoms with Crippen molar-refractivity contribution in [2.24, 2.45) is 11.1 Å². The number of hydrogen-bond donors (Lipinski definition) is 3. The molecule has 0 atom stereocenters. The Morgan fingerprint density at radius 2 is 1.95 bits per heavy atom. The summed E-state index contributed by atoms with van der Waals surface area (Å²) in [7, 11) is 0. The van der Waals surface area contributed by atoms with Gasteiger partial charge in [-0.25, -0.2) is 0 Å². The van der Waals surface area contributed by atoms with Gasteiger partial charge in [-0.3, -0.25) is 4.79 Å². The largest absolute Gasteiger partial charge is 0.505 e. The average Bonchev–Trinajstić information content (AvgIpc) is 2.33. The molecule has 1 rings (SSSR count). The molecule has 1 aromatic rings. The molecule has 112 valence electrons. The summed E-state index contributed by atoms with van der Waals surface area (Å²) in [5, 5.41) is 12.7. The summed E-state index contributed by atoms with van der Waals surface area (Å²) in [5.74, 6) is 0.0700. The maximum absolute atomic E-state index is 12.0. The van der Waals surface area contributed by atoms with E-state index in [-0.39, 0.29) is 17.1 Å². The third-order valence-corrected chi connectivity index (χ3v) is 3.57. The van der Waals surface area contributed by atoms with Crippen molar-refractivity contribution in [3.8, 4) is 5.75 Å². The van der Waals surface area contributed by atoms with Crippen LogP contribution >= 0.6 is 0 Å². The van der Waals surface area contributed by atoms with E-state index in [0.29, 0.717) is 18.7 Å². The first-order valence-corrected chi connectivity index (χ1v) is 7.05. The van der Waals surface area contributed by atoms with E-state index in [4.69, 9.17) is 5.73 Å². The number of rotatable bonds is 6. The average molecular weight is 278 g/mol. The number of nitrogens with one attached hydrogen (secondary N) is 1. The Balaban J connectivity index is 2.64. The quantitative estimate of drug-likeness (QED) is 0.700. The number of amides is 1. The second kappa shape index (κ2) is 6.75. The number of carbonyl (C=O) groups is 1. The van der Waals surface area contributed by atoms with Gasteiger partial charge < -0.3 is 16.2 Å². The number of phenols is 1. The number of nitrogens with two attached hydrogens (primary N) is 1. The lowest BCUT2D eigenvalue weighted by Gasteiger charge is -2.23. The first-order chi connectivity index (χ1) is 9.25. The summed E-state index contributed by atoms with van der Waals surface area (Å²) in [5.41, 5.74) is 7.90. The van der Waals surface area contributed by atoms with Crippen molar-refractivity contribution in [1.82, 2.24) is 0 Å². The van der Waals surface area contributed by atoms with Crippen molar-refractivity contribution in [2.75, 3.05) is 11.9 Å². The van der Waals surface area contributed by atoms with Crippen LogP contribution in [-0.4, -0.2) is 17.6 Å². The Hall–Kier alpha value is -1.55. The van der Waals surface area contributed by atoms with Crippen LogP contribution in [0.15, 0.2) is 12.1 Å². The predicted molar refractivity (Wildman–Crippen MR) is 82.9 cm³/mol. The van der Waals surface area contributed by atoms with Crippen LogP contribution in [0.2, 0.25) is 0 Å². The van der Waals surface area contributed by atoms with Gasteiger partial charge in [0.25, 0.3) is 0 Å². The number of phenolic OH excluding ortho intramolecular Hbond substituents is 1. The van der Waals surface area contributed by atoms with Gasteiger partial charge in [0.15, 0.2) is 0 Å². The van der Waals surface area contributed by atoms with Crippen LogP contribution in [-0.2, 0) is 4.79 Å². The molecule has 4 heteroatoms. The molecule has 4 nitrogen and oxygen atoms in total. The topological polar surface area (TPSA) is 75.3 Å². The van der Waals surface area contributed by atoms with Crippen LogP contribution in [0.4, 0.5) is 5.69 Å². The Bertz CT molecular complexity index is 482. The van der Waals surface area contributed by atoms with E-state index in [9.17, 15) is 9.90 Å². The molecule has 0 saturated heterocycles. The third kappa shape index (κ3) is 4.85. The molecule has 20 heavy (non-hydrogen) atoms. The van der Waals surface area contributed by atoms with Gasteiger partial charge in [0.2, 0.25) is 5.91 Å². The van der Waals surface area contributed by atoms with Gasteiger partial charge in [0.05, 0.1) is 5.69 Å². The van der Waals surface area contributed by atoms with Crippen molar-refractivity contribution >= 4 is 11.6 Å². The fraction of sp³-hybridized carbons (Fsp3) is 0.562. The number of benzene rings is 1. The van der Waals surface area contributed by atoms with Crippen molar-refractivity contribution in [3.63, 3.8) is 0 Å². The molecule has 1 amide bonds. The Kier molecular flexibility index (Phi) is 5.57. The highest BCUT2D eigenvalue weighted by Crippen LogP contribution is 2.30. The van der Waals surface area contributed by atoms with Crippen LogP contribution in [0.1, 0.15) is 44.2 Å². The molecule has 1 aromatic carbocycles. The van der Waals surface area contributed by atoms with Gasteiger partial charge >= 0.3 is 0 Å². The smallest absolute Gasteiger partial charge is 0.224 e. The summed E-state index contributed by atoms with van der Waals surface area (Å²) in [6.07, 6.45) is 2.11. The van der Waals surface area contributed by atoms with Gasteiger partial charge in [-0.2, -0.15) is 0 Å². The minimum Gasteiger partial charge on any atom is -0.505 e. The minimum absolute atomic E-state index is 0.0661. The van der Waals surface area contributed by atoms with Crippen molar-refractivity contribution in [1.29, 1.82) is 0 Å². The maximum Gasteiger partial charge on any atom is 0.224 e. The zero-order valence-electron chi connectivity index (χ0n) is 12.9. The molecule has 0 bridgehead atoms. The van der Waals surface area contributed by atoms with E-state index in [2.05, 4.69) is 19.2 Å². The lowest BCUT2D eigenvalue weighted by Crippen LogP contribution is -2.20. The van der Waals surface area contributed by atoms with E-state index in [1.807, 2.05) is 19.9 Å². The third-order valence-electron chi connectivity index (χ3n) is 3.57. The zero-order chi connectivity index (χ0) is 15.3. The Morgan fingerprint density at radius 3 is 2.55 bits per heavy atom. The van der Waals surface area contributed by atoms with Crippen LogP contribution in [0, 0.1) is 19.3 Å². The molecule has 0 spiro atoms. The highest BCUT2D eigenvalue weighted by Gasteiger charge is 2.19. The Labute approximate surface area is 121 Å². The molecular formula is C16H26N2O2. The number of aromatic hydroxyl groups is 1. The van der Waals surface area contributed by atoms with Crippen LogP contribution in [0.25, 0.3) is 0 Å². The predicted octanol–water partition coefficient (Wildman–Crippen LogP) is 3.10. The van der Waals surface area contributed by atoms with Gasteiger partial charge in [-0.15, -0.1) is 0 Å². The monoisotopic (exact) mass is 278 g/mol. The summed E-state index contributed by atoms with van der Waals surface area (Å²) >= 11 is 0. The normalized spacial score (nSPS) is 11.4. The van der Waals surface area contributed by atoms with Crippen molar-refractivity contribution < 1.29 is 9.90 Å². The second-order valence-electron chi connectivity index (χ2n) is 6.23. The van der Waals surface area contributed by atoms with Crippen molar-refractivity contribution in [3.05, 3.63) is 23.3 Å². The molecule has 0 saturated carbocycles. The molecule has 0 aliphatic heterocycles. The van der Waals surface area contributed by atoms with E-state index in [1.165, 1.54) is 0 Å². The second-order valence-corrected chi connectivity index (χ2v) is 6.23. The molecule has 0 heterocycles. The first-order valence-electron chi connectivity index (χ1n) is 7.05. The fourth-order valence-electron chi connectivity index (χ4n) is 2.24. The lowest BCUT2D eigenvalue weighted by molar-refractivity contribution is -0.116. The number of anilines is 1. The standard InChI is InChI=1S/C16H26N2O2/c1-11-9-12(2)15(20)13(10-11)18-14(19)5-6-16(3,4)7-8-17/h9-10,20H,5-8,17H2,1-4H3,(H,18,19). The molecule has 0 aliphatic carbocycles. The molecule has 0 aliphatic rings. The first kappa shape index (κ1) is 16.5. The summed E-state index contributed by atoms with van der Waals surface area (Å²) in [6.45, 7) is 8.62. The zero-order valence-corrected chi connectivity index (χ0v) is 12.9. The van der Waals surface area contributed by atoms with Gasteiger partial charge in [-0.1, -0.05) is 19.9 Å². The highest BCUT2D eigenvalue weighted by molar-refractivity contribution is 5.92. The molecule has 0 radical (unpaired) electrons. The van der Waals surface area contributed by atoms with E-state index in [1.54, 1.807) is 6.07 Å². The summed E-state index contributed by atoms with van der Waals surface area (Å²) in [6, 6.07) is 3.67. The van der Waals surface area contributed by atoms with E-state index in [0.717, 1.165) is 24.0 Å². The highest BCUT2D eigenvalue weighted by atomic mass is 16.3. The summed E-state index contributed by atoms with van der Waals surface area (Å²) < 4.78 is 0. The fourth-order valence-corrected chi connectivity index (χ4v) is 2.24. The molecule has 4 N–H and O–H groups in total. The maximum atomic E-state index is 12.0. The van der Waals surface area contributed by atoms with E-state index < -0.39 is 0 Å². The lowest BCUT2D eigenvalue weighted by atomic mass is 9.84. The SMILES string of the molecule is Cc1cc(C)c(O)c(NC(=O)CCC(C)(C)CCN)c1. The van der Waals surface area contributed by atoms with E-state index >= 15 is 0 Å².